The molecule has 2 rings (SSSR count). The molecule has 0 saturated carbocycles. The second kappa shape index (κ2) is 4.57. The second-order valence-electron chi connectivity index (χ2n) is 5.02. The number of rotatable bonds is 3. The molecule has 0 bridgehead atoms. The Balaban J connectivity index is 2.33. The number of methoxy groups -OCH3 is 1. The highest BCUT2D eigenvalue weighted by Crippen LogP contribution is 2.41. The molecular formula is C14H21NO2. The van der Waals surface area contributed by atoms with Gasteiger partial charge in [0, 0.05) is 24.1 Å². The quantitative estimate of drug-likeness (QED) is 0.875. The van der Waals surface area contributed by atoms with Crippen LogP contribution in [0.2, 0.25) is 0 Å². The minimum Gasteiger partial charge on any atom is -0.497 e. The summed E-state index contributed by atoms with van der Waals surface area (Å²) in [4.78, 5) is 0. The Morgan fingerprint density at radius 2 is 2.29 bits per heavy atom. The van der Waals surface area contributed by atoms with Crippen LogP contribution in [-0.4, -0.2) is 12.7 Å². The van der Waals surface area contributed by atoms with E-state index in [4.69, 9.17) is 15.2 Å². The molecule has 0 radical (unpaired) electrons. The third-order valence-corrected chi connectivity index (χ3v) is 3.41. The maximum atomic E-state index is 6.22. The normalized spacial score (nSPS) is 27.2. The summed E-state index contributed by atoms with van der Waals surface area (Å²) in [5.74, 6) is 1.69. The Morgan fingerprint density at radius 1 is 1.53 bits per heavy atom. The van der Waals surface area contributed by atoms with E-state index in [1.807, 2.05) is 18.2 Å². The van der Waals surface area contributed by atoms with Gasteiger partial charge in [0.05, 0.1) is 7.11 Å². The molecule has 0 spiro atoms. The molecule has 0 amide bonds. The first kappa shape index (κ1) is 12.2. The molecule has 0 saturated heterocycles. The lowest BCUT2D eigenvalue weighted by molar-refractivity contribution is 0.0446. The van der Waals surface area contributed by atoms with E-state index in [-0.39, 0.29) is 11.6 Å². The predicted molar refractivity (Wildman–Crippen MR) is 68.5 cm³/mol. The summed E-state index contributed by atoms with van der Waals surface area (Å²) in [6, 6.07) is 5.93. The monoisotopic (exact) mass is 235 g/mol. The summed E-state index contributed by atoms with van der Waals surface area (Å²) in [6.07, 6.45) is 3.00. The lowest BCUT2D eigenvalue weighted by Gasteiger charge is -2.38. The summed E-state index contributed by atoms with van der Waals surface area (Å²) >= 11 is 0. The molecule has 1 aromatic carbocycles. The zero-order valence-corrected chi connectivity index (χ0v) is 10.8. The number of hydrogen-bond acceptors (Lipinski definition) is 3. The Hall–Kier alpha value is -1.22. The SMILES string of the molecule is CCCC1(C)C[C@@H](N)c2ccc(OC)cc2O1. The number of benzene rings is 1. The highest BCUT2D eigenvalue weighted by atomic mass is 16.5. The smallest absolute Gasteiger partial charge is 0.128 e. The van der Waals surface area contributed by atoms with Gasteiger partial charge >= 0.3 is 0 Å². The minimum absolute atomic E-state index is 0.0567. The zero-order chi connectivity index (χ0) is 12.5. The van der Waals surface area contributed by atoms with Crippen LogP contribution in [0.15, 0.2) is 18.2 Å². The van der Waals surface area contributed by atoms with Crippen LogP contribution in [0, 0.1) is 0 Å². The second-order valence-corrected chi connectivity index (χ2v) is 5.02. The molecule has 0 fully saturated rings. The maximum Gasteiger partial charge on any atom is 0.128 e. The average Bonchev–Trinajstić information content (AvgIpc) is 2.27. The maximum absolute atomic E-state index is 6.22. The van der Waals surface area contributed by atoms with E-state index in [9.17, 15) is 0 Å². The fourth-order valence-corrected chi connectivity index (χ4v) is 2.60. The largest absolute Gasteiger partial charge is 0.497 e. The summed E-state index contributed by atoms with van der Waals surface area (Å²) in [5, 5.41) is 0. The van der Waals surface area contributed by atoms with E-state index in [0.29, 0.717) is 0 Å². The first-order valence-electron chi connectivity index (χ1n) is 6.20. The van der Waals surface area contributed by atoms with E-state index in [0.717, 1.165) is 36.3 Å². The molecular weight excluding hydrogens is 214 g/mol. The highest BCUT2D eigenvalue weighted by Gasteiger charge is 2.35. The van der Waals surface area contributed by atoms with Gasteiger partial charge in [0.25, 0.3) is 0 Å². The first-order valence-corrected chi connectivity index (χ1v) is 6.20. The first-order chi connectivity index (χ1) is 8.08. The van der Waals surface area contributed by atoms with Crippen molar-refractivity contribution >= 4 is 0 Å². The third kappa shape index (κ3) is 2.39. The van der Waals surface area contributed by atoms with Gasteiger partial charge in [-0.05, 0) is 19.4 Å². The van der Waals surface area contributed by atoms with Crippen molar-refractivity contribution in [1.82, 2.24) is 0 Å². The molecule has 94 valence electrons. The molecule has 17 heavy (non-hydrogen) atoms. The summed E-state index contributed by atoms with van der Waals surface area (Å²) < 4.78 is 11.3. The number of ether oxygens (including phenoxy) is 2. The number of nitrogens with two attached hydrogens (primary N) is 1. The highest BCUT2D eigenvalue weighted by molar-refractivity contribution is 5.44. The van der Waals surface area contributed by atoms with Gasteiger partial charge in [0.15, 0.2) is 0 Å². The van der Waals surface area contributed by atoms with Crippen molar-refractivity contribution in [1.29, 1.82) is 0 Å². The van der Waals surface area contributed by atoms with Crippen molar-refractivity contribution in [3.8, 4) is 11.5 Å². The topological polar surface area (TPSA) is 44.5 Å². The van der Waals surface area contributed by atoms with Crippen LogP contribution < -0.4 is 15.2 Å². The van der Waals surface area contributed by atoms with Gasteiger partial charge in [-0.3, -0.25) is 0 Å². The lowest BCUT2D eigenvalue weighted by atomic mass is 9.86. The van der Waals surface area contributed by atoms with Crippen molar-refractivity contribution in [2.45, 2.75) is 44.8 Å². The Bertz CT molecular complexity index is 405. The van der Waals surface area contributed by atoms with Gasteiger partial charge < -0.3 is 15.2 Å². The molecule has 2 atom stereocenters. The zero-order valence-electron chi connectivity index (χ0n) is 10.8. The summed E-state index contributed by atoms with van der Waals surface area (Å²) in [7, 11) is 1.66. The van der Waals surface area contributed by atoms with Gasteiger partial charge in [-0.25, -0.2) is 0 Å². The van der Waals surface area contributed by atoms with Crippen molar-refractivity contribution in [2.75, 3.05) is 7.11 Å². The molecule has 2 N–H and O–H groups in total. The van der Waals surface area contributed by atoms with Crippen molar-refractivity contribution in [3.05, 3.63) is 23.8 Å². The van der Waals surface area contributed by atoms with Gasteiger partial charge in [-0.1, -0.05) is 19.4 Å². The van der Waals surface area contributed by atoms with Crippen molar-refractivity contribution in [3.63, 3.8) is 0 Å². The Kier molecular flexibility index (Phi) is 3.29. The number of fused-ring (bicyclic) bond motifs is 1. The average molecular weight is 235 g/mol. The lowest BCUT2D eigenvalue weighted by Crippen LogP contribution is -2.40. The molecule has 0 aliphatic carbocycles. The van der Waals surface area contributed by atoms with E-state index < -0.39 is 0 Å². The molecule has 0 aromatic heterocycles. The van der Waals surface area contributed by atoms with Gasteiger partial charge in [0.1, 0.15) is 17.1 Å². The molecule has 3 heteroatoms. The van der Waals surface area contributed by atoms with Crippen molar-refractivity contribution < 1.29 is 9.47 Å². The van der Waals surface area contributed by atoms with Crippen LogP contribution in [0.25, 0.3) is 0 Å². The van der Waals surface area contributed by atoms with E-state index in [1.54, 1.807) is 7.11 Å². The van der Waals surface area contributed by atoms with Gasteiger partial charge in [-0.15, -0.1) is 0 Å². The molecule has 1 aromatic rings. The predicted octanol–water partition coefficient (Wildman–Crippen LogP) is 3.04. The van der Waals surface area contributed by atoms with Crippen LogP contribution in [-0.2, 0) is 0 Å². The molecule has 3 nitrogen and oxygen atoms in total. The van der Waals surface area contributed by atoms with Crippen LogP contribution in [0.1, 0.15) is 44.7 Å². The van der Waals surface area contributed by atoms with E-state index >= 15 is 0 Å². The fourth-order valence-electron chi connectivity index (χ4n) is 2.60. The van der Waals surface area contributed by atoms with E-state index in [2.05, 4.69) is 13.8 Å². The summed E-state index contributed by atoms with van der Waals surface area (Å²) in [6.45, 7) is 4.31. The van der Waals surface area contributed by atoms with Gasteiger partial charge in [0.2, 0.25) is 0 Å². The van der Waals surface area contributed by atoms with Crippen LogP contribution >= 0.6 is 0 Å². The summed E-state index contributed by atoms with van der Waals surface area (Å²) in [5.41, 5.74) is 7.16. The van der Waals surface area contributed by atoms with Crippen LogP contribution in [0.5, 0.6) is 11.5 Å². The Morgan fingerprint density at radius 3 is 2.94 bits per heavy atom. The molecule has 1 unspecified atom stereocenters. The minimum atomic E-state index is -0.145. The fraction of sp³-hybridized carbons (Fsp3) is 0.571. The third-order valence-electron chi connectivity index (χ3n) is 3.41. The number of hydrogen-bond donors (Lipinski definition) is 1. The van der Waals surface area contributed by atoms with Gasteiger partial charge in [-0.2, -0.15) is 0 Å². The van der Waals surface area contributed by atoms with Crippen molar-refractivity contribution in [2.24, 2.45) is 5.73 Å². The van der Waals surface area contributed by atoms with Crippen LogP contribution in [0.4, 0.5) is 0 Å². The standard InChI is InChI=1S/C14H21NO2/c1-4-7-14(2)9-12(15)11-6-5-10(16-3)8-13(11)17-14/h5-6,8,12H,4,7,9,15H2,1-3H3/t12-,14?/m1/s1. The molecule has 1 heterocycles. The molecule has 1 aliphatic heterocycles. The Labute approximate surface area is 103 Å². The van der Waals surface area contributed by atoms with E-state index in [1.165, 1.54) is 0 Å². The van der Waals surface area contributed by atoms with Crippen LogP contribution in [0.3, 0.4) is 0 Å². The molecule has 1 aliphatic rings.